The summed E-state index contributed by atoms with van der Waals surface area (Å²) in [7, 11) is 0. The van der Waals surface area contributed by atoms with Crippen LogP contribution in [0.2, 0.25) is 0 Å². The Balaban J connectivity index is 3.13. The van der Waals surface area contributed by atoms with E-state index in [-0.39, 0.29) is 11.0 Å². The van der Waals surface area contributed by atoms with E-state index in [0.29, 0.717) is 13.0 Å². The summed E-state index contributed by atoms with van der Waals surface area (Å²) in [5.74, 6) is -2.55. The zero-order chi connectivity index (χ0) is 13.9. The summed E-state index contributed by atoms with van der Waals surface area (Å²) < 4.78 is 40.4. The number of halogens is 3. The van der Waals surface area contributed by atoms with Gasteiger partial charge in [-0.25, -0.2) is 13.2 Å². The van der Waals surface area contributed by atoms with Crippen LogP contribution in [0, 0.1) is 22.9 Å². The normalized spacial score (nSPS) is 13.7. The first kappa shape index (κ1) is 15.0. The molecular weight excluding hydrogens is 239 g/mol. The molecule has 0 fully saturated rings. The first-order valence-corrected chi connectivity index (χ1v) is 6.12. The van der Waals surface area contributed by atoms with Crippen LogP contribution in [0.15, 0.2) is 12.1 Å². The molecule has 0 radical (unpaired) electrons. The molecule has 18 heavy (non-hydrogen) atoms. The molecule has 0 aliphatic rings. The summed E-state index contributed by atoms with van der Waals surface area (Å²) in [6.45, 7) is 8.45. The molecule has 0 spiro atoms. The van der Waals surface area contributed by atoms with Crippen molar-refractivity contribution in [2.45, 2.75) is 40.2 Å². The maximum absolute atomic E-state index is 13.7. The Morgan fingerprint density at radius 1 is 1.11 bits per heavy atom. The SMILES string of the molecule is CCNC(CC(C)(C)C)c1c(F)cc(F)cc1F. The Morgan fingerprint density at radius 2 is 1.61 bits per heavy atom. The highest BCUT2D eigenvalue weighted by Crippen LogP contribution is 2.32. The second-order valence-corrected chi connectivity index (χ2v) is 5.66. The monoisotopic (exact) mass is 259 g/mol. The van der Waals surface area contributed by atoms with Gasteiger partial charge in [-0.15, -0.1) is 0 Å². The van der Waals surface area contributed by atoms with Crippen molar-refractivity contribution >= 4 is 0 Å². The van der Waals surface area contributed by atoms with Gasteiger partial charge in [-0.2, -0.15) is 0 Å². The Kier molecular flexibility index (Phi) is 4.79. The fourth-order valence-electron chi connectivity index (χ4n) is 2.02. The van der Waals surface area contributed by atoms with Crippen molar-refractivity contribution in [1.82, 2.24) is 5.32 Å². The highest BCUT2D eigenvalue weighted by atomic mass is 19.1. The molecule has 1 N–H and O–H groups in total. The Hall–Kier alpha value is -1.03. The third-order valence-corrected chi connectivity index (χ3v) is 2.66. The van der Waals surface area contributed by atoms with Crippen molar-refractivity contribution < 1.29 is 13.2 Å². The van der Waals surface area contributed by atoms with Gasteiger partial charge in [0.2, 0.25) is 0 Å². The van der Waals surface area contributed by atoms with Crippen LogP contribution in [0.25, 0.3) is 0 Å². The van der Waals surface area contributed by atoms with Gasteiger partial charge in [0.1, 0.15) is 17.5 Å². The van der Waals surface area contributed by atoms with E-state index in [9.17, 15) is 13.2 Å². The Bertz CT molecular complexity index is 387. The summed E-state index contributed by atoms with van der Waals surface area (Å²) in [4.78, 5) is 0. The van der Waals surface area contributed by atoms with E-state index in [0.717, 1.165) is 12.1 Å². The van der Waals surface area contributed by atoms with Crippen LogP contribution in [-0.2, 0) is 0 Å². The Morgan fingerprint density at radius 3 is 2.00 bits per heavy atom. The molecule has 1 aromatic rings. The highest BCUT2D eigenvalue weighted by molar-refractivity contribution is 5.24. The quantitative estimate of drug-likeness (QED) is 0.855. The number of benzene rings is 1. The second kappa shape index (κ2) is 5.74. The van der Waals surface area contributed by atoms with Crippen molar-refractivity contribution in [3.63, 3.8) is 0 Å². The molecule has 1 aromatic carbocycles. The Labute approximate surface area is 106 Å². The van der Waals surface area contributed by atoms with Crippen molar-refractivity contribution in [3.05, 3.63) is 35.1 Å². The van der Waals surface area contributed by atoms with Crippen LogP contribution in [0.3, 0.4) is 0 Å². The van der Waals surface area contributed by atoms with E-state index in [4.69, 9.17) is 0 Å². The lowest BCUT2D eigenvalue weighted by atomic mass is 9.85. The molecule has 0 aliphatic heterocycles. The number of nitrogens with one attached hydrogen (secondary N) is 1. The van der Waals surface area contributed by atoms with Gasteiger partial charge in [-0.1, -0.05) is 27.7 Å². The van der Waals surface area contributed by atoms with Crippen LogP contribution in [0.5, 0.6) is 0 Å². The number of hydrogen-bond donors (Lipinski definition) is 1. The molecule has 1 nitrogen and oxygen atoms in total. The van der Waals surface area contributed by atoms with Gasteiger partial charge in [0, 0.05) is 23.7 Å². The van der Waals surface area contributed by atoms with Crippen molar-refractivity contribution in [2.75, 3.05) is 6.54 Å². The standard InChI is InChI=1S/C14H20F3N/c1-5-18-12(8-14(2,3)4)13-10(16)6-9(15)7-11(13)17/h6-7,12,18H,5,8H2,1-4H3. The average Bonchev–Trinajstić information content (AvgIpc) is 2.13. The van der Waals surface area contributed by atoms with Crippen LogP contribution in [-0.4, -0.2) is 6.54 Å². The van der Waals surface area contributed by atoms with Gasteiger partial charge in [0.15, 0.2) is 0 Å². The molecule has 0 bridgehead atoms. The van der Waals surface area contributed by atoms with Gasteiger partial charge >= 0.3 is 0 Å². The van der Waals surface area contributed by atoms with Gasteiger partial charge in [-0.05, 0) is 18.4 Å². The van der Waals surface area contributed by atoms with E-state index < -0.39 is 23.5 Å². The van der Waals surface area contributed by atoms with E-state index in [1.54, 1.807) is 0 Å². The lowest BCUT2D eigenvalue weighted by Gasteiger charge is -2.27. The van der Waals surface area contributed by atoms with Gasteiger partial charge in [0.05, 0.1) is 0 Å². The summed E-state index contributed by atoms with van der Waals surface area (Å²) in [5.41, 5.74) is -0.159. The van der Waals surface area contributed by atoms with Gasteiger partial charge < -0.3 is 5.32 Å². The third-order valence-electron chi connectivity index (χ3n) is 2.66. The molecule has 0 aliphatic carbocycles. The zero-order valence-electron chi connectivity index (χ0n) is 11.3. The predicted molar refractivity (Wildman–Crippen MR) is 66.8 cm³/mol. The number of hydrogen-bond acceptors (Lipinski definition) is 1. The molecule has 0 saturated carbocycles. The zero-order valence-corrected chi connectivity index (χ0v) is 11.3. The molecule has 0 heterocycles. The molecule has 1 rings (SSSR count). The minimum Gasteiger partial charge on any atom is -0.310 e. The lowest BCUT2D eigenvalue weighted by Crippen LogP contribution is -2.27. The molecule has 4 heteroatoms. The van der Waals surface area contributed by atoms with Crippen LogP contribution < -0.4 is 5.32 Å². The van der Waals surface area contributed by atoms with Crippen LogP contribution in [0.1, 0.15) is 45.7 Å². The summed E-state index contributed by atoms with van der Waals surface area (Å²) >= 11 is 0. The average molecular weight is 259 g/mol. The third kappa shape index (κ3) is 4.02. The topological polar surface area (TPSA) is 12.0 Å². The lowest BCUT2D eigenvalue weighted by molar-refractivity contribution is 0.303. The van der Waals surface area contributed by atoms with E-state index in [2.05, 4.69) is 5.32 Å². The summed E-state index contributed by atoms with van der Waals surface area (Å²) in [6.07, 6.45) is 0.570. The fourth-order valence-corrected chi connectivity index (χ4v) is 2.02. The first-order chi connectivity index (χ1) is 8.24. The largest absolute Gasteiger partial charge is 0.310 e. The number of rotatable bonds is 4. The first-order valence-electron chi connectivity index (χ1n) is 6.12. The van der Waals surface area contributed by atoms with E-state index >= 15 is 0 Å². The van der Waals surface area contributed by atoms with Crippen molar-refractivity contribution in [2.24, 2.45) is 5.41 Å². The van der Waals surface area contributed by atoms with Crippen LogP contribution in [0.4, 0.5) is 13.2 Å². The van der Waals surface area contributed by atoms with Crippen LogP contribution >= 0.6 is 0 Å². The summed E-state index contributed by atoms with van der Waals surface area (Å²) in [6, 6.07) is 1.01. The van der Waals surface area contributed by atoms with Gasteiger partial charge in [-0.3, -0.25) is 0 Å². The molecule has 102 valence electrons. The summed E-state index contributed by atoms with van der Waals surface area (Å²) in [5, 5.41) is 3.05. The second-order valence-electron chi connectivity index (χ2n) is 5.66. The highest BCUT2D eigenvalue weighted by Gasteiger charge is 2.25. The van der Waals surface area contributed by atoms with E-state index in [1.165, 1.54) is 0 Å². The smallest absolute Gasteiger partial charge is 0.133 e. The fraction of sp³-hybridized carbons (Fsp3) is 0.571. The van der Waals surface area contributed by atoms with Crippen molar-refractivity contribution in [1.29, 1.82) is 0 Å². The molecule has 0 saturated heterocycles. The van der Waals surface area contributed by atoms with E-state index in [1.807, 2.05) is 27.7 Å². The maximum Gasteiger partial charge on any atom is 0.133 e. The van der Waals surface area contributed by atoms with Crippen molar-refractivity contribution in [3.8, 4) is 0 Å². The molecule has 1 atom stereocenters. The van der Waals surface area contributed by atoms with Gasteiger partial charge in [0.25, 0.3) is 0 Å². The molecular formula is C14H20F3N. The molecule has 0 aromatic heterocycles. The minimum atomic E-state index is -0.889. The molecule has 1 unspecified atom stereocenters. The maximum atomic E-state index is 13.7. The minimum absolute atomic E-state index is 0.0758. The predicted octanol–water partition coefficient (Wildman–Crippen LogP) is 4.19. The molecule has 0 amide bonds.